The number of aromatic nitrogens is 3. The summed E-state index contributed by atoms with van der Waals surface area (Å²) in [4.78, 5) is 4.03. The quantitative estimate of drug-likeness (QED) is 0.932. The highest BCUT2D eigenvalue weighted by Crippen LogP contribution is 2.29. The molecule has 2 aromatic rings. The molecule has 1 unspecified atom stereocenters. The van der Waals surface area contributed by atoms with Crippen molar-refractivity contribution in [2.45, 2.75) is 26.3 Å². The van der Waals surface area contributed by atoms with Gasteiger partial charge in [-0.2, -0.15) is 15.0 Å². The summed E-state index contributed by atoms with van der Waals surface area (Å²) in [5.74, 6) is 0. The molecule has 5 heteroatoms. The monoisotopic (exact) mass is 286 g/mol. The van der Waals surface area contributed by atoms with Crippen LogP contribution in [0, 0.1) is 5.41 Å². The minimum Gasteiger partial charge on any atom is -0.396 e. The molecule has 1 aliphatic heterocycles. The van der Waals surface area contributed by atoms with Gasteiger partial charge in [0.05, 0.1) is 17.6 Å². The Morgan fingerprint density at radius 3 is 2.86 bits per heavy atom. The van der Waals surface area contributed by atoms with Crippen LogP contribution in [0.2, 0.25) is 0 Å². The molecule has 5 nitrogen and oxygen atoms in total. The van der Waals surface area contributed by atoms with E-state index in [0.717, 1.165) is 43.9 Å². The zero-order valence-corrected chi connectivity index (χ0v) is 12.4. The summed E-state index contributed by atoms with van der Waals surface area (Å²) in [5, 5.41) is 18.4. The largest absolute Gasteiger partial charge is 0.396 e. The Balaban J connectivity index is 1.67. The first-order valence-corrected chi connectivity index (χ1v) is 7.48. The normalized spacial score (nSPS) is 23.3. The van der Waals surface area contributed by atoms with Crippen LogP contribution >= 0.6 is 0 Å². The van der Waals surface area contributed by atoms with Gasteiger partial charge in [0.2, 0.25) is 0 Å². The number of benzene rings is 1. The van der Waals surface area contributed by atoms with Gasteiger partial charge in [0, 0.05) is 25.1 Å². The van der Waals surface area contributed by atoms with Gasteiger partial charge in [-0.05, 0) is 31.5 Å². The van der Waals surface area contributed by atoms with E-state index in [4.69, 9.17) is 0 Å². The Labute approximate surface area is 125 Å². The number of nitrogens with zero attached hydrogens (tertiary/aromatic N) is 4. The number of aliphatic hydroxyl groups excluding tert-OH is 1. The predicted octanol–water partition coefficient (Wildman–Crippen LogP) is 1.86. The molecule has 1 saturated heterocycles. The molecule has 1 aromatic carbocycles. The van der Waals surface area contributed by atoms with Crippen LogP contribution in [0.4, 0.5) is 0 Å². The third-order valence-electron chi connectivity index (χ3n) is 4.15. The molecule has 0 radical (unpaired) electrons. The molecule has 112 valence electrons. The topological polar surface area (TPSA) is 54.2 Å². The molecule has 21 heavy (non-hydrogen) atoms. The molecule has 0 aliphatic carbocycles. The number of likely N-dealkylation sites (tertiary alicyclic amines) is 1. The fourth-order valence-electron chi connectivity index (χ4n) is 2.97. The molecule has 2 heterocycles. The molecule has 1 aliphatic rings. The Morgan fingerprint density at radius 1 is 1.29 bits per heavy atom. The highest BCUT2D eigenvalue weighted by molar-refractivity contribution is 5.28. The van der Waals surface area contributed by atoms with E-state index in [1.165, 1.54) is 0 Å². The highest BCUT2D eigenvalue weighted by atomic mass is 16.3. The molecule has 0 amide bonds. The van der Waals surface area contributed by atoms with E-state index in [9.17, 15) is 5.11 Å². The number of para-hydroxylation sites is 1. The van der Waals surface area contributed by atoms with Crippen LogP contribution in [0.25, 0.3) is 5.69 Å². The van der Waals surface area contributed by atoms with Gasteiger partial charge in [-0.3, -0.25) is 4.90 Å². The molecular formula is C16H22N4O. The van der Waals surface area contributed by atoms with Gasteiger partial charge in [0.15, 0.2) is 0 Å². The van der Waals surface area contributed by atoms with Crippen LogP contribution in [-0.4, -0.2) is 44.7 Å². The zero-order chi connectivity index (χ0) is 14.7. The maximum absolute atomic E-state index is 9.53. The molecule has 1 N–H and O–H groups in total. The average molecular weight is 286 g/mol. The minimum absolute atomic E-state index is 0.0215. The summed E-state index contributed by atoms with van der Waals surface area (Å²) in [6, 6.07) is 9.93. The number of hydrogen-bond donors (Lipinski definition) is 1. The zero-order valence-electron chi connectivity index (χ0n) is 12.4. The van der Waals surface area contributed by atoms with Crippen molar-refractivity contribution in [1.82, 2.24) is 19.9 Å². The first kappa shape index (κ1) is 14.2. The molecule has 1 aromatic heterocycles. The lowest BCUT2D eigenvalue weighted by molar-refractivity contribution is 0.0423. The third-order valence-corrected chi connectivity index (χ3v) is 4.15. The number of rotatable bonds is 4. The summed E-state index contributed by atoms with van der Waals surface area (Å²) < 4.78 is 0. The predicted molar refractivity (Wildman–Crippen MR) is 81.1 cm³/mol. The van der Waals surface area contributed by atoms with Crippen LogP contribution < -0.4 is 0 Å². The van der Waals surface area contributed by atoms with Crippen molar-refractivity contribution in [1.29, 1.82) is 0 Å². The van der Waals surface area contributed by atoms with Crippen LogP contribution in [0.15, 0.2) is 36.5 Å². The Kier molecular flexibility index (Phi) is 4.03. The van der Waals surface area contributed by atoms with Crippen LogP contribution in [0.1, 0.15) is 25.5 Å². The van der Waals surface area contributed by atoms with Crippen molar-refractivity contribution in [2.75, 3.05) is 19.7 Å². The van der Waals surface area contributed by atoms with Gasteiger partial charge in [-0.25, -0.2) is 0 Å². The maximum Gasteiger partial charge on any atom is 0.0971 e. The summed E-state index contributed by atoms with van der Waals surface area (Å²) in [6.45, 7) is 5.18. The summed E-state index contributed by atoms with van der Waals surface area (Å²) >= 11 is 0. The lowest BCUT2D eigenvalue weighted by atomic mass is 9.83. The minimum atomic E-state index is 0.0215. The van der Waals surface area contributed by atoms with Crippen molar-refractivity contribution >= 4 is 0 Å². The van der Waals surface area contributed by atoms with Gasteiger partial charge in [-0.15, -0.1) is 0 Å². The maximum atomic E-state index is 9.53. The molecule has 1 atom stereocenters. The SMILES string of the molecule is CC1(CO)CCCN(Cc2cnn(-c3ccccc3)n2)C1. The lowest BCUT2D eigenvalue weighted by Crippen LogP contribution is -2.43. The van der Waals surface area contributed by atoms with Crippen molar-refractivity contribution < 1.29 is 5.11 Å². The second kappa shape index (κ2) is 5.95. The molecule has 0 bridgehead atoms. The van der Waals surface area contributed by atoms with Gasteiger partial charge < -0.3 is 5.11 Å². The number of hydrogen-bond acceptors (Lipinski definition) is 4. The average Bonchev–Trinajstić information content (AvgIpc) is 2.97. The Hall–Kier alpha value is -1.72. The summed E-state index contributed by atoms with van der Waals surface area (Å²) in [6.07, 6.45) is 4.05. The van der Waals surface area contributed by atoms with Gasteiger partial charge >= 0.3 is 0 Å². The Bertz CT molecular complexity index is 583. The summed E-state index contributed by atoms with van der Waals surface area (Å²) in [7, 11) is 0. The van der Waals surface area contributed by atoms with Crippen molar-refractivity contribution in [2.24, 2.45) is 5.41 Å². The first-order chi connectivity index (χ1) is 10.2. The van der Waals surface area contributed by atoms with E-state index in [0.29, 0.717) is 0 Å². The summed E-state index contributed by atoms with van der Waals surface area (Å²) in [5.41, 5.74) is 1.97. The van der Waals surface area contributed by atoms with Crippen molar-refractivity contribution in [3.05, 3.63) is 42.2 Å². The second-order valence-electron chi connectivity index (χ2n) is 6.24. The molecule has 0 spiro atoms. The molecule has 3 rings (SSSR count). The van der Waals surface area contributed by atoms with E-state index in [-0.39, 0.29) is 12.0 Å². The van der Waals surface area contributed by atoms with Crippen LogP contribution in [0.3, 0.4) is 0 Å². The van der Waals surface area contributed by atoms with E-state index < -0.39 is 0 Å². The second-order valence-corrected chi connectivity index (χ2v) is 6.24. The van der Waals surface area contributed by atoms with Gasteiger partial charge in [0.1, 0.15) is 0 Å². The van der Waals surface area contributed by atoms with E-state index in [1.54, 1.807) is 4.80 Å². The first-order valence-electron chi connectivity index (χ1n) is 7.48. The van der Waals surface area contributed by atoms with Crippen molar-refractivity contribution in [3.63, 3.8) is 0 Å². The van der Waals surface area contributed by atoms with Crippen LogP contribution in [-0.2, 0) is 6.54 Å². The molecule has 1 fully saturated rings. The van der Waals surface area contributed by atoms with E-state index in [1.807, 2.05) is 36.5 Å². The lowest BCUT2D eigenvalue weighted by Gasteiger charge is -2.38. The third kappa shape index (κ3) is 3.31. The van der Waals surface area contributed by atoms with Crippen molar-refractivity contribution in [3.8, 4) is 5.69 Å². The fourth-order valence-corrected chi connectivity index (χ4v) is 2.97. The number of piperidine rings is 1. The van der Waals surface area contributed by atoms with Crippen LogP contribution in [0.5, 0.6) is 0 Å². The van der Waals surface area contributed by atoms with Gasteiger partial charge in [0.25, 0.3) is 0 Å². The highest BCUT2D eigenvalue weighted by Gasteiger charge is 2.30. The number of aliphatic hydroxyl groups is 1. The molecule has 0 saturated carbocycles. The van der Waals surface area contributed by atoms with E-state index >= 15 is 0 Å². The standard InChI is InChI=1S/C16H22N4O/c1-16(13-21)8-5-9-19(12-16)11-14-10-17-20(18-14)15-6-3-2-4-7-15/h2-4,6-7,10,21H,5,8-9,11-13H2,1H3. The van der Waals surface area contributed by atoms with Gasteiger partial charge in [-0.1, -0.05) is 25.1 Å². The fraction of sp³-hybridized carbons (Fsp3) is 0.500. The smallest absolute Gasteiger partial charge is 0.0971 e. The molecular weight excluding hydrogens is 264 g/mol. The van der Waals surface area contributed by atoms with E-state index in [2.05, 4.69) is 22.0 Å². The Morgan fingerprint density at radius 2 is 2.10 bits per heavy atom.